The number of likely N-dealkylation sites (N-methyl/N-ethyl adjacent to an activating group) is 1. The van der Waals surface area contributed by atoms with Crippen LogP contribution in [0.5, 0.6) is 11.5 Å². The molecule has 0 unspecified atom stereocenters. The summed E-state index contributed by atoms with van der Waals surface area (Å²) in [7, 11) is 3.62. The van der Waals surface area contributed by atoms with E-state index in [1.54, 1.807) is 7.11 Å². The number of hydrogen-bond acceptors (Lipinski definition) is 6. The van der Waals surface area contributed by atoms with Crippen LogP contribution in [0.15, 0.2) is 66.9 Å². The van der Waals surface area contributed by atoms with E-state index in [4.69, 9.17) is 9.47 Å². The molecule has 0 aliphatic rings. The fourth-order valence-corrected chi connectivity index (χ4v) is 3.72. The van der Waals surface area contributed by atoms with Crippen molar-refractivity contribution < 1.29 is 14.6 Å². The van der Waals surface area contributed by atoms with E-state index in [1.165, 1.54) is 11.1 Å². The van der Waals surface area contributed by atoms with Gasteiger partial charge in [-0.1, -0.05) is 42.5 Å². The van der Waals surface area contributed by atoms with Crippen molar-refractivity contribution >= 4 is 0 Å². The van der Waals surface area contributed by atoms with Gasteiger partial charge in [0.15, 0.2) is 11.5 Å². The molecular formula is C27H35N3O3. The molecule has 2 N–H and O–H groups in total. The van der Waals surface area contributed by atoms with Crippen LogP contribution in [0.1, 0.15) is 22.4 Å². The summed E-state index contributed by atoms with van der Waals surface area (Å²) in [4.78, 5) is 6.53. The molecule has 0 aliphatic carbocycles. The molecule has 1 heterocycles. The number of nitrogens with zero attached hydrogens (tertiary/aromatic N) is 2. The molecule has 33 heavy (non-hydrogen) atoms. The Morgan fingerprint density at radius 1 is 1.03 bits per heavy atom. The van der Waals surface area contributed by atoms with Crippen molar-refractivity contribution in [2.45, 2.75) is 32.5 Å². The Morgan fingerprint density at radius 2 is 1.85 bits per heavy atom. The lowest BCUT2D eigenvalue weighted by Gasteiger charge is -2.21. The third-order valence-corrected chi connectivity index (χ3v) is 5.46. The topological polar surface area (TPSA) is 66.8 Å². The third-order valence-electron chi connectivity index (χ3n) is 5.46. The Hall–Kier alpha value is -2.93. The Kier molecular flexibility index (Phi) is 9.69. The van der Waals surface area contributed by atoms with Crippen LogP contribution >= 0.6 is 0 Å². The zero-order valence-electron chi connectivity index (χ0n) is 19.8. The molecule has 176 valence electrons. The minimum absolute atomic E-state index is 0.200. The molecule has 6 nitrogen and oxygen atoms in total. The first-order valence-corrected chi connectivity index (χ1v) is 11.4. The number of aliphatic hydroxyl groups is 1. The molecule has 1 aromatic heterocycles. The van der Waals surface area contributed by atoms with E-state index in [0.717, 1.165) is 30.8 Å². The number of benzene rings is 2. The fraction of sp³-hybridized carbons (Fsp3) is 0.370. The molecule has 0 fully saturated rings. The molecule has 0 amide bonds. The van der Waals surface area contributed by atoms with Gasteiger partial charge in [-0.2, -0.15) is 0 Å². The number of rotatable bonds is 13. The number of aryl methyl sites for hydroxylation is 1. The van der Waals surface area contributed by atoms with Crippen LogP contribution in [0.3, 0.4) is 0 Å². The monoisotopic (exact) mass is 449 g/mol. The van der Waals surface area contributed by atoms with Gasteiger partial charge in [-0.05, 0) is 48.9 Å². The van der Waals surface area contributed by atoms with Gasteiger partial charge in [0, 0.05) is 44.5 Å². The summed E-state index contributed by atoms with van der Waals surface area (Å²) in [5.74, 6) is 1.30. The van der Waals surface area contributed by atoms with Crippen molar-refractivity contribution in [2.24, 2.45) is 0 Å². The second kappa shape index (κ2) is 12.9. The van der Waals surface area contributed by atoms with E-state index in [0.29, 0.717) is 24.6 Å². The predicted octanol–water partition coefficient (Wildman–Crippen LogP) is 3.60. The molecule has 0 spiro atoms. The van der Waals surface area contributed by atoms with Gasteiger partial charge in [-0.25, -0.2) is 0 Å². The maximum Gasteiger partial charge on any atom is 0.161 e. The molecule has 2 aromatic carbocycles. The first-order chi connectivity index (χ1) is 16.0. The number of methoxy groups -OCH3 is 1. The van der Waals surface area contributed by atoms with Gasteiger partial charge in [0.05, 0.1) is 7.11 Å². The van der Waals surface area contributed by atoms with Crippen LogP contribution in [0, 0.1) is 6.92 Å². The predicted molar refractivity (Wildman–Crippen MR) is 132 cm³/mol. The summed E-state index contributed by atoms with van der Waals surface area (Å²) in [6.45, 7) is 5.14. The van der Waals surface area contributed by atoms with E-state index in [-0.39, 0.29) is 6.61 Å². The van der Waals surface area contributed by atoms with E-state index < -0.39 is 6.10 Å². The number of hydrogen-bond donors (Lipinski definition) is 2. The summed E-state index contributed by atoms with van der Waals surface area (Å²) in [5.41, 5.74) is 4.65. The number of aliphatic hydroxyl groups excluding tert-OH is 1. The van der Waals surface area contributed by atoms with E-state index in [9.17, 15) is 5.11 Å². The number of nitrogens with one attached hydrogen (secondary N) is 1. The molecule has 0 bridgehead atoms. The average molecular weight is 450 g/mol. The van der Waals surface area contributed by atoms with Gasteiger partial charge in [0.25, 0.3) is 0 Å². The van der Waals surface area contributed by atoms with Gasteiger partial charge in [0.2, 0.25) is 0 Å². The van der Waals surface area contributed by atoms with E-state index in [1.807, 2.05) is 55.7 Å². The minimum atomic E-state index is -0.605. The van der Waals surface area contributed by atoms with Gasteiger partial charge >= 0.3 is 0 Å². The van der Waals surface area contributed by atoms with Gasteiger partial charge in [-0.3, -0.25) is 9.88 Å². The summed E-state index contributed by atoms with van der Waals surface area (Å²) in [5, 5.41) is 13.9. The molecule has 6 heteroatoms. The summed E-state index contributed by atoms with van der Waals surface area (Å²) in [6.07, 6.45) is 2.12. The van der Waals surface area contributed by atoms with Crippen molar-refractivity contribution in [3.63, 3.8) is 0 Å². The van der Waals surface area contributed by atoms with Gasteiger partial charge < -0.3 is 19.9 Å². The fourth-order valence-electron chi connectivity index (χ4n) is 3.72. The van der Waals surface area contributed by atoms with Crippen LogP contribution in [-0.2, 0) is 19.5 Å². The van der Waals surface area contributed by atoms with E-state index >= 15 is 0 Å². The highest BCUT2D eigenvalue weighted by atomic mass is 16.5. The lowest BCUT2D eigenvalue weighted by Crippen LogP contribution is -2.32. The number of aromatic nitrogens is 1. The highest BCUT2D eigenvalue weighted by Gasteiger charge is 2.12. The molecule has 0 saturated carbocycles. The summed E-state index contributed by atoms with van der Waals surface area (Å²) >= 11 is 0. The quantitative estimate of drug-likeness (QED) is 0.389. The standard InChI is InChI=1S/C27H35N3O3/c1-21-8-7-14-29-25(21)13-15-28-17-23-11-12-26(32-3)27(16-23)33-20-24(31)19-30(2)18-22-9-5-4-6-10-22/h4-12,14,16,24,28,31H,13,15,17-20H2,1-3H3/t24-/m1/s1. The Morgan fingerprint density at radius 3 is 2.61 bits per heavy atom. The molecular weight excluding hydrogens is 414 g/mol. The zero-order valence-corrected chi connectivity index (χ0v) is 19.8. The highest BCUT2D eigenvalue weighted by Crippen LogP contribution is 2.28. The summed E-state index contributed by atoms with van der Waals surface area (Å²) in [6, 6.07) is 20.2. The molecule has 3 aromatic rings. The second-order valence-electron chi connectivity index (χ2n) is 8.33. The lowest BCUT2D eigenvalue weighted by atomic mass is 10.1. The Balaban J connectivity index is 1.46. The Bertz CT molecular complexity index is 981. The SMILES string of the molecule is COc1ccc(CNCCc2ncccc2C)cc1OC[C@H](O)CN(C)Cc1ccccc1. The van der Waals surface area contributed by atoms with E-state index in [2.05, 4.69) is 40.3 Å². The molecule has 3 rings (SSSR count). The highest BCUT2D eigenvalue weighted by molar-refractivity contribution is 5.43. The first-order valence-electron chi connectivity index (χ1n) is 11.4. The second-order valence-corrected chi connectivity index (χ2v) is 8.33. The van der Waals surface area contributed by atoms with Crippen LogP contribution in [0.25, 0.3) is 0 Å². The molecule has 0 aliphatic heterocycles. The minimum Gasteiger partial charge on any atom is -0.493 e. The largest absolute Gasteiger partial charge is 0.493 e. The molecule has 0 saturated heterocycles. The summed E-state index contributed by atoms with van der Waals surface area (Å²) < 4.78 is 11.4. The van der Waals surface area contributed by atoms with Crippen molar-refractivity contribution in [1.82, 2.24) is 15.2 Å². The third kappa shape index (κ3) is 8.17. The van der Waals surface area contributed by atoms with Crippen LogP contribution in [-0.4, -0.2) is 54.9 Å². The number of ether oxygens (including phenoxy) is 2. The smallest absolute Gasteiger partial charge is 0.161 e. The van der Waals surface area contributed by atoms with Gasteiger partial charge in [0.1, 0.15) is 12.7 Å². The van der Waals surface area contributed by atoms with Crippen LogP contribution < -0.4 is 14.8 Å². The zero-order chi connectivity index (χ0) is 23.5. The molecule has 0 radical (unpaired) electrons. The van der Waals surface area contributed by atoms with Crippen LogP contribution in [0.4, 0.5) is 0 Å². The Labute approximate surface area is 197 Å². The van der Waals surface area contributed by atoms with Crippen molar-refractivity contribution in [3.05, 3.63) is 89.2 Å². The van der Waals surface area contributed by atoms with Crippen molar-refractivity contribution in [3.8, 4) is 11.5 Å². The maximum absolute atomic E-state index is 10.5. The van der Waals surface area contributed by atoms with Gasteiger partial charge in [-0.15, -0.1) is 0 Å². The average Bonchev–Trinajstić information content (AvgIpc) is 2.82. The maximum atomic E-state index is 10.5. The normalized spacial score (nSPS) is 12.0. The lowest BCUT2D eigenvalue weighted by molar-refractivity contribution is 0.0732. The van der Waals surface area contributed by atoms with Crippen molar-refractivity contribution in [2.75, 3.05) is 33.9 Å². The van der Waals surface area contributed by atoms with Crippen molar-refractivity contribution in [1.29, 1.82) is 0 Å². The first kappa shape index (κ1) is 24.7. The molecule has 1 atom stereocenters. The van der Waals surface area contributed by atoms with Crippen LogP contribution in [0.2, 0.25) is 0 Å². The number of pyridine rings is 1.